The molecule has 1 amide bonds. The lowest BCUT2D eigenvalue weighted by atomic mass is 10.3. The van der Waals surface area contributed by atoms with Crippen LogP contribution in [0.1, 0.15) is 16.1 Å². The zero-order valence-corrected chi connectivity index (χ0v) is 12.9. The van der Waals surface area contributed by atoms with Crippen LogP contribution in [0, 0.1) is 0 Å². The van der Waals surface area contributed by atoms with Crippen LogP contribution in [0.15, 0.2) is 21.4 Å². The van der Waals surface area contributed by atoms with Gasteiger partial charge in [0, 0.05) is 13.6 Å². The monoisotopic (exact) mass is 358 g/mol. The van der Waals surface area contributed by atoms with E-state index in [1.165, 1.54) is 11.1 Å². The van der Waals surface area contributed by atoms with E-state index < -0.39 is 5.97 Å². The SMILES string of the molecule is CN(Cc1csc(Br)c1)C(=O)c1cn(CC(=O)O)nn1. The van der Waals surface area contributed by atoms with E-state index in [-0.39, 0.29) is 18.1 Å². The Balaban J connectivity index is 2.02. The van der Waals surface area contributed by atoms with E-state index in [1.54, 1.807) is 18.4 Å². The number of amides is 1. The Bertz CT molecular complexity index is 639. The summed E-state index contributed by atoms with van der Waals surface area (Å²) in [7, 11) is 1.66. The standard InChI is InChI=1S/C11H11BrN4O3S/c1-15(3-7-2-9(12)20-6-7)11(19)8-4-16(14-13-8)5-10(17)18/h2,4,6H,3,5H2,1H3,(H,17,18). The number of halogens is 1. The topological polar surface area (TPSA) is 88.3 Å². The van der Waals surface area contributed by atoms with Crippen molar-refractivity contribution in [3.05, 3.63) is 32.7 Å². The van der Waals surface area contributed by atoms with Crippen LogP contribution in [-0.2, 0) is 17.9 Å². The van der Waals surface area contributed by atoms with E-state index in [0.717, 1.165) is 14.0 Å². The molecule has 0 aliphatic carbocycles. The average Bonchev–Trinajstić information content (AvgIpc) is 2.97. The molecule has 2 heterocycles. The first kappa shape index (κ1) is 14.7. The number of aromatic nitrogens is 3. The minimum atomic E-state index is -1.04. The number of hydrogen-bond acceptors (Lipinski definition) is 5. The number of carbonyl (C=O) groups excluding carboxylic acids is 1. The third-order valence-corrected chi connectivity index (χ3v) is 4.00. The van der Waals surface area contributed by atoms with Crippen molar-refractivity contribution in [1.82, 2.24) is 19.9 Å². The summed E-state index contributed by atoms with van der Waals surface area (Å²) in [5, 5.41) is 17.9. The molecule has 1 N–H and O–H groups in total. The van der Waals surface area contributed by atoms with E-state index >= 15 is 0 Å². The summed E-state index contributed by atoms with van der Waals surface area (Å²) < 4.78 is 2.12. The van der Waals surface area contributed by atoms with Crippen molar-refractivity contribution in [2.45, 2.75) is 13.1 Å². The zero-order chi connectivity index (χ0) is 14.7. The summed E-state index contributed by atoms with van der Waals surface area (Å²) in [5.74, 6) is -1.34. The maximum absolute atomic E-state index is 12.1. The zero-order valence-electron chi connectivity index (χ0n) is 10.5. The lowest BCUT2D eigenvalue weighted by molar-refractivity contribution is -0.137. The van der Waals surface area contributed by atoms with Gasteiger partial charge in [-0.25, -0.2) is 4.68 Å². The average molecular weight is 359 g/mol. The molecule has 2 aromatic rings. The quantitative estimate of drug-likeness (QED) is 0.873. The molecule has 20 heavy (non-hydrogen) atoms. The Labute approximate surface area is 126 Å². The van der Waals surface area contributed by atoms with Gasteiger partial charge in [-0.15, -0.1) is 16.4 Å². The second-order valence-electron chi connectivity index (χ2n) is 4.12. The fourth-order valence-electron chi connectivity index (χ4n) is 1.58. The fraction of sp³-hybridized carbons (Fsp3) is 0.273. The molecule has 2 aromatic heterocycles. The van der Waals surface area contributed by atoms with Gasteiger partial charge in [0.25, 0.3) is 5.91 Å². The molecule has 0 aliphatic rings. The van der Waals surface area contributed by atoms with Crippen LogP contribution in [0.2, 0.25) is 0 Å². The summed E-state index contributed by atoms with van der Waals surface area (Å²) in [5.41, 5.74) is 1.14. The first-order chi connectivity index (χ1) is 9.45. The first-order valence-corrected chi connectivity index (χ1v) is 7.23. The van der Waals surface area contributed by atoms with Gasteiger partial charge in [0.1, 0.15) is 6.54 Å². The smallest absolute Gasteiger partial charge is 0.325 e. The number of hydrogen-bond donors (Lipinski definition) is 1. The first-order valence-electron chi connectivity index (χ1n) is 5.56. The number of rotatable bonds is 5. The molecule has 0 saturated heterocycles. The van der Waals surface area contributed by atoms with Crippen molar-refractivity contribution in [2.24, 2.45) is 0 Å². The van der Waals surface area contributed by atoms with Crippen molar-refractivity contribution in [1.29, 1.82) is 0 Å². The molecule has 0 bridgehead atoms. The molecule has 7 nitrogen and oxygen atoms in total. The van der Waals surface area contributed by atoms with E-state index in [9.17, 15) is 9.59 Å². The molecule has 9 heteroatoms. The third kappa shape index (κ3) is 3.64. The second-order valence-corrected chi connectivity index (χ2v) is 6.41. The van der Waals surface area contributed by atoms with Crippen LogP contribution in [0.4, 0.5) is 0 Å². The minimum Gasteiger partial charge on any atom is -0.480 e. The number of nitrogens with zero attached hydrogens (tertiary/aromatic N) is 4. The maximum Gasteiger partial charge on any atom is 0.325 e. The van der Waals surface area contributed by atoms with Crippen LogP contribution in [-0.4, -0.2) is 43.9 Å². The Morgan fingerprint density at radius 1 is 1.55 bits per heavy atom. The van der Waals surface area contributed by atoms with E-state index in [1.807, 2.05) is 11.4 Å². The van der Waals surface area contributed by atoms with Crippen molar-refractivity contribution < 1.29 is 14.7 Å². The molecule has 106 valence electrons. The van der Waals surface area contributed by atoms with Gasteiger partial charge in [-0.1, -0.05) is 5.21 Å². The highest BCUT2D eigenvalue weighted by Crippen LogP contribution is 2.21. The number of thiophene rings is 1. The molecule has 0 fully saturated rings. The molecule has 0 atom stereocenters. The normalized spacial score (nSPS) is 10.5. The molecule has 0 saturated carbocycles. The summed E-state index contributed by atoms with van der Waals surface area (Å²) in [6, 6.07) is 1.94. The lowest BCUT2D eigenvalue weighted by Crippen LogP contribution is -2.26. The number of carboxylic acid groups (broad SMARTS) is 1. The van der Waals surface area contributed by atoms with Crippen molar-refractivity contribution in [3.8, 4) is 0 Å². The Hall–Kier alpha value is -1.74. The van der Waals surface area contributed by atoms with Crippen LogP contribution < -0.4 is 0 Å². The highest BCUT2D eigenvalue weighted by atomic mass is 79.9. The number of carbonyl (C=O) groups is 2. The van der Waals surface area contributed by atoms with Gasteiger partial charge in [-0.05, 0) is 32.9 Å². The molecule has 0 aliphatic heterocycles. The largest absolute Gasteiger partial charge is 0.480 e. The van der Waals surface area contributed by atoms with Crippen LogP contribution in [0.25, 0.3) is 0 Å². The molecule has 2 rings (SSSR count). The number of aliphatic carboxylic acids is 1. The van der Waals surface area contributed by atoms with Gasteiger partial charge in [0.05, 0.1) is 9.98 Å². The predicted molar refractivity (Wildman–Crippen MR) is 75.5 cm³/mol. The second kappa shape index (κ2) is 6.14. The molecule has 0 aromatic carbocycles. The Morgan fingerprint density at radius 2 is 2.30 bits per heavy atom. The highest BCUT2D eigenvalue weighted by Gasteiger charge is 2.17. The van der Waals surface area contributed by atoms with E-state index in [2.05, 4.69) is 26.2 Å². The van der Waals surface area contributed by atoms with Gasteiger partial charge < -0.3 is 10.0 Å². The van der Waals surface area contributed by atoms with Gasteiger partial charge in [0.15, 0.2) is 5.69 Å². The van der Waals surface area contributed by atoms with Crippen LogP contribution >= 0.6 is 27.3 Å². The van der Waals surface area contributed by atoms with Gasteiger partial charge in [-0.3, -0.25) is 9.59 Å². The van der Waals surface area contributed by atoms with E-state index in [4.69, 9.17) is 5.11 Å². The predicted octanol–water partition coefficient (Wildman–Crippen LogP) is 1.46. The van der Waals surface area contributed by atoms with Crippen molar-refractivity contribution in [2.75, 3.05) is 7.05 Å². The summed E-state index contributed by atoms with van der Waals surface area (Å²) in [4.78, 5) is 24.2. The van der Waals surface area contributed by atoms with Gasteiger partial charge in [-0.2, -0.15) is 0 Å². The molecular weight excluding hydrogens is 348 g/mol. The fourth-order valence-corrected chi connectivity index (χ4v) is 2.78. The minimum absolute atomic E-state index is 0.128. The lowest BCUT2D eigenvalue weighted by Gasteiger charge is -2.14. The van der Waals surface area contributed by atoms with Crippen LogP contribution in [0.3, 0.4) is 0 Å². The van der Waals surface area contributed by atoms with Crippen molar-refractivity contribution in [3.63, 3.8) is 0 Å². The Kier molecular flexibility index (Phi) is 4.50. The summed E-state index contributed by atoms with van der Waals surface area (Å²) >= 11 is 4.91. The van der Waals surface area contributed by atoms with Gasteiger partial charge >= 0.3 is 5.97 Å². The molecule has 0 radical (unpaired) electrons. The molecule has 0 spiro atoms. The van der Waals surface area contributed by atoms with Crippen LogP contribution in [0.5, 0.6) is 0 Å². The number of carboxylic acids is 1. The Morgan fingerprint density at radius 3 is 2.90 bits per heavy atom. The maximum atomic E-state index is 12.1. The summed E-state index contributed by atoms with van der Waals surface area (Å²) in [6.45, 7) is 0.133. The highest BCUT2D eigenvalue weighted by molar-refractivity contribution is 9.11. The van der Waals surface area contributed by atoms with Crippen molar-refractivity contribution >= 4 is 39.1 Å². The third-order valence-electron chi connectivity index (χ3n) is 2.44. The van der Waals surface area contributed by atoms with E-state index in [0.29, 0.717) is 6.54 Å². The summed E-state index contributed by atoms with van der Waals surface area (Å²) in [6.07, 6.45) is 1.33. The molecular formula is C11H11BrN4O3S. The molecule has 0 unspecified atom stereocenters. The van der Waals surface area contributed by atoms with Gasteiger partial charge in [0.2, 0.25) is 0 Å².